The molecule has 4 nitrogen and oxygen atoms in total. The Morgan fingerprint density at radius 2 is 2.00 bits per heavy atom. The second-order valence-electron chi connectivity index (χ2n) is 5.34. The van der Waals surface area contributed by atoms with E-state index in [1.54, 1.807) is 0 Å². The average Bonchev–Trinajstić information content (AvgIpc) is 2.88. The van der Waals surface area contributed by atoms with Gasteiger partial charge < -0.3 is 10.3 Å². The first-order valence-corrected chi connectivity index (χ1v) is 6.84. The van der Waals surface area contributed by atoms with Gasteiger partial charge in [-0.05, 0) is 23.6 Å². The van der Waals surface area contributed by atoms with Crippen LogP contribution in [0.4, 0.5) is 0 Å². The number of aromatic nitrogens is 2. The van der Waals surface area contributed by atoms with E-state index >= 15 is 0 Å². The van der Waals surface area contributed by atoms with Gasteiger partial charge in [-0.15, -0.1) is 0 Å². The van der Waals surface area contributed by atoms with Crippen LogP contribution in [0.2, 0.25) is 0 Å². The maximum Gasteiger partial charge on any atom is 0.0991 e. The van der Waals surface area contributed by atoms with Crippen molar-refractivity contribution >= 4 is 0 Å². The Morgan fingerprint density at radius 3 is 2.55 bits per heavy atom. The summed E-state index contributed by atoms with van der Waals surface area (Å²) in [4.78, 5) is 4.26. The molecule has 0 aliphatic rings. The van der Waals surface area contributed by atoms with Crippen molar-refractivity contribution in [1.29, 1.82) is 5.26 Å². The number of imidazole rings is 1. The Bertz CT molecular complexity index is 590. The standard InChI is InChI=1S/C16H20N4/c1-12(2)15(8-18)16-9-19-11-20(16)10-14-5-3-13(7-17)4-6-14/h3-6,9,11-12,15H,8,10,18H2,1-2H3. The summed E-state index contributed by atoms with van der Waals surface area (Å²) in [6.07, 6.45) is 3.75. The highest BCUT2D eigenvalue weighted by molar-refractivity contribution is 5.31. The lowest BCUT2D eigenvalue weighted by molar-refractivity contribution is 0.478. The second kappa shape index (κ2) is 6.36. The molecular formula is C16H20N4. The Morgan fingerprint density at radius 1 is 1.30 bits per heavy atom. The number of hydrogen-bond donors (Lipinski definition) is 1. The van der Waals surface area contributed by atoms with E-state index in [1.165, 1.54) is 5.69 Å². The van der Waals surface area contributed by atoms with Crippen molar-refractivity contribution in [2.24, 2.45) is 11.7 Å². The van der Waals surface area contributed by atoms with Crippen LogP contribution in [0.25, 0.3) is 0 Å². The van der Waals surface area contributed by atoms with E-state index in [2.05, 4.69) is 29.5 Å². The summed E-state index contributed by atoms with van der Waals surface area (Å²) >= 11 is 0. The highest BCUT2D eigenvalue weighted by atomic mass is 15.0. The summed E-state index contributed by atoms with van der Waals surface area (Å²) in [6.45, 7) is 5.73. The van der Waals surface area contributed by atoms with Gasteiger partial charge in [0.05, 0.1) is 18.0 Å². The zero-order chi connectivity index (χ0) is 14.5. The third-order valence-electron chi connectivity index (χ3n) is 3.62. The van der Waals surface area contributed by atoms with Crippen LogP contribution in [0, 0.1) is 17.2 Å². The molecule has 0 radical (unpaired) electrons. The first-order valence-electron chi connectivity index (χ1n) is 6.84. The van der Waals surface area contributed by atoms with Gasteiger partial charge in [-0.3, -0.25) is 0 Å². The molecule has 1 atom stereocenters. The van der Waals surface area contributed by atoms with Crippen LogP contribution in [-0.2, 0) is 6.54 Å². The van der Waals surface area contributed by atoms with Crippen LogP contribution in [0.3, 0.4) is 0 Å². The van der Waals surface area contributed by atoms with Gasteiger partial charge in [0.15, 0.2) is 0 Å². The summed E-state index contributed by atoms with van der Waals surface area (Å²) in [7, 11) is 0. The number of hydrogen-bond acceptors (Lipinski definition) is 3. The molecule has 0 fully saturated rings. The summed E-state index contributed by atoms with van der Waals surface area (Å²) < 4.78 is 2.14. The van der Waals surface area contributed by atoms with E-state index in [-0.39, 0.29) is 0 Å². The Kier molecular flexibility index (Phi) is 4.54. The quantitative estimate of drug-likeness (QED) is 0.906. The molecule has 4 heteroatoms. The third-order valence-corrected chi connectivity index (χ3v) is 3.62. The van der Waals surface area contributed by atoms with Gasteiger partial charge in [0, 0.05) is 30.9 Å². The minimum atomic E-state index is 0.316. The maximum absolute atomic E-state index is 8.82. The predicted octanol–water partition coefficient (Wildman–Crippen LogP) is 2.50. The smallest absolute Gasteiger partial charge is 0.0991 e. The zero-order valence-corrected chi connectivity index (χ0v) is 12.0. The number of nitriles is 1. The fourth-order valence-corrected chi connectivity index (χ4v) is 2.39. The molecule has 1 unspecified atom stereocenters. The van der Waals surface area contributed by atoms with Crippen LogP contribution in [0.1, 0.15) is 36.6 Å². The van der Waals surface area contributed by atoms with Crippen LogP contribution in [-0.4, -0.2) is 16.1 Å². The predicted molar refractivity (Wildman–Crippen MR) is 79.1 cm³/mol. The fraction of sp³-hybridized carbons (Fsp3) is 0.375. The van der Waals surface area contributed by atoms with Crippen molar-refractivity contribution in [2.45, 2.75) is 26.3 Å². The minimum absolute atomic E-state index is 0.316. The van der Waals surface area contributed by atoms with E-state index in [0.717, 1.165) is 12.1 Å². The van der Waals surface area contributed by atoms with E-state index in [4.69, 9.17) is 11.0 Å². The minimum Gasteiger partial charge on any atom is -0.330 e. The number of nitrogens with two attached hydrogens (primary N) is 1. The van der Waals surface area contributed by atoms with E-state index in [0.29, 0.717) is 23.9 Å². The van der Waals surface area contributed by atoms with Crippen molar-refractivity contribution in [3.05, 3.63) is 53.6 Å². The normalized spacial score (nSPS) is 12.3. The van der Waals surface area contributed by atoms with Gasteiger partial charge in [-0.1, -0.05) is 26.0 Å². The van der Waals surface area contributed by atoms with Crippen molar-refractivity contribution in [1.82, 2.24) is 9.55 Å². The SMILES string of the molecule is CC(C)C(CN)c1cncn1Cc1ccc(C#N)cc1. The summed E-state index contributed by atoms with van der Waals surface area (Å²) in [5.41, 5.74) is 8.90. The van der Waals surface area contributed by atoms with Gasteiger partial charge in [0.1, 0.15) is 0 Å². The lowest BCUT2D eigenvalue weighted by Crippen LogP contribution is -2.21. The number of rotatable bonds is 5. The molecule has 0 saturated heterocycles. The Balaban J connectivity index is 2.21. The molecule has 0 bridgehead atoms. The van der Waals surface area contributed by atoms with Crippen LogP contribution >= 0.6 is 0 Å². The van der Waals surface area contributed by atoms with Gasteiger partial charge >= 0.3 is 0 Å². The topological polar surface area (TPSA) is 67.6 Å². The lowest BCUT2D eigenvalue weighted by Gasteiger charge is -2.20. The van der Waals surface area contributed by atoms with Crippen LogP contribution in [0.5, 0.6) is 0 Å². The molecule has 2 rings (SSSR count). The number of benzene rings is 1. The molecule has 2 N–H and O–H groups in total. The van der Waals surface area contributed by atoms with Crippen molar-refractivity contribution in [3.63, 3.8) is 0 Å². The van der Waals surface area contributed by atoms with Crippen LogP contribution in [0.15, 0.2) is 36.8 Å². The molecule has 1 heterocycles. The van der Waals surface area contributed by atoms with Crippen molar-refractivity contribution in [3.8, 4) is 6.07 Å². The highest BCUT2D eigenvalue weighted by Crippen LogP contribution is 2.23. The molecule has 104 valence electrons. The maximum atomic E-state index is 8.82. The number of nitrogens with zero attached hydrogens (tertiary/aromatic N) is 3. The van der Waals surface area contributed by atoms with E-state index in [1.807, 2.05) is 36.8 Å². The lowest BCUT2D eigenvalue weighted by atomic mass is 9.93. The molecule has 2 aromatic rings. The van der Waals surface area contributed by atoms with Gasteiger partial charge in [-0.2, -0.15) is 5.26 Å². The third kappa shape index (κ3) is 3.06. The molecule has 0 amide bonds. The Hall–Kier alpha value is -2.12. The second-order valence-corrected chi connectivity index (χ2v) is 5.34. The first-order chi connectivity index (χ1) is 9.65. The summed E-state index contributed by atoms with van der Waals surface area (Å²) in [6, 6.07) is 9.78. The molecule has 20 heavy (non-hydrogen) atoms. The van der Waals surface area contributed by atoms with Crippen LogP contribution < -0.4 is 5.73 Å². The summed E-state index contributed by atoms with van der Waals surface area (Å²) in [5, 5.41) is 8.82. The van der Waals surface area contributed by atoms with E-state index in [9.17, 15) is 0 Å². The van der Waals surface area contributed by atoms with E-state index < -0.39 is 0 Å². The van der Waals surface area contributed by atoms with Crippen molar-refractivity contribution in [2.75, 3.05) is 6.54 Å². The van der Waals surface area contributed by atoms with Gasteiger partial charge in [0.25, 0.3) is 0 Å². The first kappa shape index (κ1) is 14.3. The van der Waals surface area contributed by atoms with Crippen molar-refractivity contribution < 1.29 is 0 Å². The largest absolute Gasteiger partial charge is 0.330 e. The molecule has 1 aromatic carbocycles. The Labute approximate surface area is 119 Å². The molecule has 0 saturated carbocycles. The molecule has 0 spiro atoms. The molecule has 0 aliphatic heterocycles. The van der Waals surface area contributed by atoms with Gasteiger partial charge in [-0.25, -0.2) is 4.98 Å². The summed E-state index contributed by atoms with van der Waals surface area (Å²) in [5.74, 6) is 0.798. The molecule has 0 aliphatic carbocycles. The molecule has 1 aromatic heterocycles. The fourth-order valence-electron chi connectivity index (χ4n) is 2.39. The molecular weight excluding hydrogens is 248 g/mol. The van der Waals surface area contributed by atoms with Gasteiger partial charge in [0.2, 0.25) is 0 Å². The highest BCUT2D eigenvalue weighted by Gasteiger charge is 2.18. The average molecular weight is 268 g/mol. The zero-order valence-electron chi connectivity index (χ0n) is 12.0. The monoisotopic (exact) mass is 268 g/mol.